The molecule has 46 heavy (non-hydrogen) atoms. The van der Waals surface area contributed by atoms with E-state index in [0.717, 1.165) is 0 Å². The SMILES string of the molecule is CC(C)(COC(=O)CCC(C)(C)C(=O)ON1C(=O)CCC1=O)COC(C)(C)COC(=O)CCC(C)(C)C(=O)ON1C(=O)CCC1=O. The number of rotatable bonds is 17. The Morgan fingerprint density at radius 2 is 0.913 bits per heavy atom. The molecule has 15 heteroatoms. The van der Waals surface area contributed by atoms with Crippen molar-refractivity contribution in [2.75, 3.05) is 19.8 Å². The number of imide groups is 2. The number of hydroxylamine groups is 4. The fraction of sp³-hybridized carbons (Fsp3) is 0.742. The summed E-state index contributed by atoms with van der Waals surface area (Å²) in [4.78, 5) is 107. The van der Waals surface area contributed by atoms with Crippen molar-refractivity contribution in [2.24, 2.45) is 16.2 Å². The molecule has 4 amide bonds. The predicted molar refractivity (Wildman–Crippen MR) is 156 cm³/mol. The summed E-state index contributed by atoms with van der Waals surface area (Å²) >= 11 is 0. The van der Waals surface area contributed by atoms with Crippen LogP contribution in [0.1, 0.15) is 107 Å². The van der Waals surface area contributed by atoms with E-state index in [1.165, 1.54) is 27.7 Å². The quantitative estimate of drug-likeness (QED) is 0.165. The van der Waals surface area contributed by atoms with Gasteiger partial charge in [-0.3, -0.25) is 28.8 Å². The van der Waals surface area contributed by atoms with Gasteiger partial charge in [0.05, 0.1) is 29.6 Å². The Labute approximate surface area is 268 Å². The molecule has 2 saturated heterocycles. The third-order valence-corrected chi connectivity index (χ3v) is 7.43. The highest BCUT2D eigenvalue weighted by molar-refractivity contribution is 6.02. The van der Waals surface area contributed by atoms with Crippen molar-refractivity contribution in [1.29, 1.82) is 0 Å². The van der Waals surface area contributed by atoms with Gasteiger partial charge in [-0.2, -0.15) is 0 Å². The Morgan fingerprint density at radius 1 is 0.565 bits per heavy atom. The van der Waals surface area contributed by atoms with Crippen molar-refractivity contribution < 1.29 is 62.2 Å². The average molecular weight is 655 g/mol. The van der Waals surface area contributed by atoms with Gasteiger partial charge in [0.25, 0.3) is 23.6 Å². The van der Waals surface area contributed by atoms with Gasteiger partial charge >= 0.3 is 23.9 Å². The molecule has 2 fully saturated rings. The molecule has 0 unspecified atom stereocenters. The minimum absolute atomic E-state index is 0.00314. The molecule has 2 aliphatic rings. The zero-order valence-electron chi connectivity index (χ0n) is 28.0. The van der Waals surface area contributed by atoms with E-state index in [9.17, 15) is 38.4 Å². The summed E-state index contributed by atoms with van der Waals surface area (Å²) in [6, 6.07) is 0. The number of hydrogen-bond donors (Lipinski definition) is 0. The first-order valence-corrected chi connectivity index (χ1v) is 15.2. The van der Waals surface area contributed by atoms with Crippen molar-refractivity contribution in [3.8, 4) is 0 Å². The summed E-state index contributed by atoms with van der Waals surface area (Å²) in [6.45, 7) is 13.3. The normalized spacial score (nSPS) is 16.2. The van der Waals surface area contributed by atoms with E-state index in [0.29, 0.717) is 10.1 Å². The van der Waals surface area contributed by atoms with Gasteiger partial charge in [-0.15, -0.1) is 10.1 Å². The highest BCUT2D eigenvalue weighted by atomic mass is 16.7. The van der Waals surface area contributed by atoms with Crippen LogP contribution < -0.4 is 0 Å². The lowest BCUT2D eigenvalue weighted by Gasteiger charge is -2.31. The van der Waals surface area contributed by atoms with Gasteiger partial charge in [0.2, 0.25) is 0 Å². The van der Waals surface area contributed by atoms with E-state index in [1.54, 1.807) is 13.8 Å². The van der Waals surface area contributed by atoms with E-state index in [2.05, 4.69) is 0 Å². The number of ether oxygens (including phenoxy) is 3. The van der Waals surface area contributed by atoms with Crippen molar-refractivity contribution >= 4 is 47.5 Å². The van der Waals surface area contributed by atoms with Gasteiger partial charge in [0, 0.05) is 43.9 Å². The number of carbonyl (C=O) groups excluding carboxylic acids is 8. The lowest BCUT2D eigenvalue weighted by Crippen LogP contribution is -2.39. The van der Waals surface area contributed by atoms with Gasteiger partial charge in [-0.05, 0) is 54.4 Å². The zero-order chi connectivity index (χ0) is 35.1. The van der Waals surface area contributed by atoms with Crippen molar-refractivity contribution in [2.45, 2.75) is 112 Å². The fourth-order valence-electron chi connectivity index (χ4n) is 3.91. The second-order valence-electron chi connectivity index (χ2n) is 14.2. The summed E-state index contributed by atoms with van der Waals surface area (Å²) in [5.74, 6) is -5.10. The van der Waals surface area contributed by atoms with E-state index < -0.39 is 69.4 Å². The minimum atomic E-state index is -1.16. The molecule has 0 aromatic carbocycles. The van der Waals surface area contributed by atoms with Crippen LogP contribution in [0.4, 0.5) is 0 Å². The molecule has 0 aromatic rings. The molecule has 0 radical (unpaired) electrons. The monoisotopic (exact) mass is 654 g/mol. The summed E-state index contributed by atoms with van der Waals surface area (Å²) in [5, 5.41) is 0.939. The van der Waals surface area contributed by atoms with E-state index in [-0.39, 0.29) is 71.2 Å². The third kappa shape index (κ3) is 11.5. The average Bonchev–Trinajstić information content (AvgIpc) is 3.46. The third-order valence-electron chi connectivity index (χ3n) is 7.43. The number of carbonyl (C=O) groups is 8. The molecule has 258 valence electrons. The second-order valence-corrected chi connectivity index (χ2v) is 14.2. The van der Waals surface area contributed by atoms with Crippen LogP contribution in [-0.4, -0.2) is 83.1 Å². The summed E-state index contributed by atoms with van der Waals surface area (Å²) in [7, 11) is 0. The van der Waals surface area contributed by atoms with Crippen LogP contribution in [-0.2, 0) is 62.2 Å². The topological polar surface area (TPSA) is 189 Å². The molecule has 0 bridgehead atoms. The Bertz CT molecular complexity index is 1110. The molecule has 0 spiro atoms. The Kier molecular flexibility index (Phi) is 12.6. The van der Waals surface area contributed by atoms with Crippen molar-refractivity contribution in [3.63, 3.8) is 0 Å². The Morgan fingerprint density at radius 3 is 1.28 bits per heavy atom. The molecule has 0 saturated carbocycles. The highest BCUT2D eigenvalue weighted by Crippen LogP contribution is 2.29. The van der Waals surface area contributed by atoms with Crippen LogP contribution in [0.5, 0.6) is 0 Å². The van der Waals surface area contributed by atoms with Gasteiger partial charge in [0.15, 0.2) is 0 Å². The molecule has 0 aromatic heterocycles. The van der Waals surface area contributed by atoms with Crippen LogP contribution >= 0.6 is 0 Å². The Hall–Kier alpha value is -3.88. The van der Waals surface area contributed by atoms with Gasteiger partial charge in [-0.25, -0.2) is 9.59 Å². The molecular weight excluding hydrogens is 608 g/mol. The van der Waals surface area contributed by atoms with Crippen molar-refractivity contribution in [1.82, 2.24) is 10.1 Å². The summed E-state index contributed by atoms with van der Waals surface area (Å²) in [5.41, 5.74) is -3.84. The van der Waals surface area contributed by atoms with Gasteiger partial charge < -0.3 is 23.9 Å². The van der Waals surface area contributed by atoms with Gasteiger partial charge in [0.1, 0.15) is 6.61 Å². The van der Waals surface area contributed by atoms with E-state index in [1.807, 2.05) is 13.8 Å². The van der Waals surface area contributed by atoms with E-state index in [4.69, 9.17) is 23.9 Å². The van der Waals surface area contributed by atoms with E-state index >= 15 is 0 Å². The molecule has 2 aliphatic heterocycles. The molecule has 15 nitrogen and oxygen atoms in total. The van der Waals surface area contributed by atoms with Gasteiger partial charge in [-0.1, -0.05) is 13.8 Å². The van der Waals surface area contributed by atoms with Crippen molar-refractivity contribution in [3.05, 3.63) is 0 Å². The Balaban J connectivity index is 1.71. The number of esters is 2. The molecular formula is C31H46N2O13. The molecule has 2 heterocycles. The first-order chi connectivity index (χ1) is 21.0. The standard InChI is InChI=1S/C31H46N2O13/c1-28(2,17-42-24(38)13-15-29(3,4)26(40)45-32-20(34)9-10-21(32)35)18-44-31(7,8)19-43-25(39)14-16-30(5,6)27(41)46-33-22(36)11-12-23(33)37/h9-19H2,1-8H3. The van der Waals surface area contributed by atoms with Crippen LogP contribution in [0.2, 0.25) is 0 Å². The number of amides is 4. The molecule has 0 atom stereocenters. The maximum Gasteiger partial charge on any atom is 0.338 e. The highest BCUT2D eigenvalue weighted by Gasteiger charge is 2.40. The van der Waals surface area contributed by atoms with Crippen LogP contribution in [0.3, 0.4) is 0 Å². The molecule has 2 rings (SSSR count). The minimum Gasteiger partial charge on any atom is -0.465 e. The molecule has 0 aliphatic carbocycles. The lowest BCUT2D eigenvalue weighted by atomic mass is 9.88. The zero-order valence-corrected chi connectivity index (χ0v) is 28.0. The van der Waals surface area contributed by atoms with Crippen LogP contribution in [0.15, 0.2) is 0 Å². The maximum atomic E-state index is 12.5. The lowest BCUT2D eigenvalue weighted by molar-refractivity contribution is -0.204. The number of hydrogen-bond acceptors (Lipinski definition) is 13. The summed E-state index contributed by atoms with van der Waals surface area (Å²) < 4.78 is 16.7. The molecule has 0 N–H and O–H groups in total. The van der Waals surface area contributed by atoms with Crippen LogP contribution in [0, 0.1) is 16.2 Å². The predicted octanol–water partition coefficient (Wildman–Crippen LogP) is 2.72. The fourth-order valence-corrected chi connectivity index (χ4v) is 3.91. The summed E-state index contributed by atoms with van der Waals surface area (Å²) in [6.07, 6.45) is -0.192. The number of nitrogens with zero attached hydrogens (tertiary/aromatic N) is 2. The largest absolute Gasteiger partial charge is 0.465 e. The van der Waals surface area contributed by atoms with Crippen LogP contribution in [0.25, 0.3) is 0 Å². The first-order valence-electron chi connectivity index (χ1n) is 15.2. The first kappa shape index (κ1) is 38.3. The smallest absolute Gasteiger partial charge is 0.338 e. The maximum absolute atomic E-state index is 12.5. The second kappa shape index (κ2) is 15.1.